The van der Waals surface area contributed by atoms with Crippen LogP contribution in [-0.4, -0.2) is 26.8 Å². The topological polar surface area (TPSA) is 73.0 Å². The van der Waals surface area contributed by atoms with Crippen LogP contribution in [0, 0.1) is 0 Å². The van der Waals surface area contributed by atoms with Gasteiger partial charge in [-0.1, -0.05) is 12.1 Å². The predicted octanol–water partition coefficient (Wildman–Crippen LogP) is 4.01. The number of carbonyl (C=O) groups is 1. The zero-order valence-electron chi connectivity index (χ0n) is 14.8. The van der Waals surface area contributed by atoms with Crippen molar-refractivity contribution in [1.82, 2.24) is 14.8 Å². The Labute approximate surface area is 160 Å². The molecule has 0 fully saturated rings. The Hall–Kier alpha value is -2.80. The molecule has 2 aliphatic rings. The number of nitrogens with zero attached hydrogens (tertiary/aromatic N) is 3. The number of ketones is 1. The van der Waals surface area contributed by atoms with Gasteiger partial charge in [-0.2, -0.15) is 10.1 Å². The van der Waals surface area contributed by atoms with Crippen LogP contribution in [0.2, 0.25) is 0 Å². The Morgan fingerprint density at radius 2 is 2.07 bits per heavy atom. The first-order valence-electron chi connectivity index (χ1n) is 8.84. The van der Waals surface area contributed by atoms with Crippen LogP contribution in [0.3, 0.4) is 0 Å². The highest BCUT2D eigenvalue weighted by Crippen LogP contribution is 2.43. The molecule has 27 heavy (non-hydrogen) atoms. The summed E-state index contributed by atoms with van der Waals surface area (Å²) in [6.07, 6.45) is 6.40. The van der Waals surface area contributed by atoms with Gasteiger partial charge in [-0.25, -0.2) is 4.68 Å². The van der Waals surface area contributed by atoms with E-state index in [9.17, 15) is 4.79 Å². The number of carbonyl (C=O) groups excluding carboxylic acids is 1. The Bertz CT molecular complexity index is 1020. The number of nitrogens with one attached hydrogen (secondary N) is 1. The van der Waals surface area contributed by atoms with Crippen molar-refractivity contribution in [1.29, 1.82) is 0 Å². The lowest BCUT2D eigenvalue weighted by Crippen LogP contribution is -2.33. The minimum atomic E-state index is -0.250. The van der Waals surface area contributed by atoms with Crippen molar-refractivity contribution in [3.63, 3.8) is 0 Å². The summed E-state index contributed by atoms with van der Waals surface area (Å²) < 4.78 is 7.36. The molecule has 0 amide bonds. The first-order chi connectivity index (χ1) is 13.2. The van der Waals surface area contributed by atoms with Gasteiger partial charge in [-0.3, -0.25) is 4.79 Å². The van der Waals surface area contributed by atoms with Crippen LogP contribution in [0.5, 0.6) is 0 Å². The smallest absolute Gasteiger partial charge is 0.226 e. The Morgan fingerprint density at radius 3 is 2.81 bits per heavy atom. The van der Waals surface area contributed by atoms with Gasteiger partial charge in [0, 0.05) is 28.5 Å². The average molecular weight is 378 g/mol. The molecule has 3 heterocycles. The number of anilines is 1. The van der Waals surface area contributed by atoms with Crippen molar-refractivity contribution < 1.29 is 9.21 Å². The standard InChI is InChI=1S/C20H18N4O2S/c1-27-14-6-4-12(5-7-14)19-18-15(23-20-21-11-22-24(19)20)9-13(10-16(18)25)17-3-2-8-26-17/h2-8,11,13,19H,9-10H2,1H3,(H,21,22,23)/t13-,19+/m1/s1. The van der Waals surface area contributed by atoms with Gasteiger partial charge in [-0.05, 0) is 42.5 Å². The number of hydrogen-bond acceptors (Lipinski definition) is 6. The minimum Gasteiger partial charge on any atom is -0.469 e. The summed E-state index contributed by atoms with van der Waals surface area (Å²) in [6, 6.07) is 11.9. The monoisotopic (exact) mass is 378 g/mol. The van der Waals surface area contributed by atoms with Crippen LogP contribution in [-0.2, 0) is 4.79 Å². The molecule has 0 unspecified atom stereocenters. The maximum Gasteiger partial charge on any atom is 0.226 e. The zero-order chi connectivity index (χ0) is 18.4. The van der Waals surface area contributed by atoms with E-state index >= 15 is 0 Å². The summed E-state index contributed by atoms with van der Waals surface area (Å²) in [5.74, 6) is 1.70. The molecule has 1 N–H and O–H groups in total. The Kier molecular flexibility index (Phi) is 3.89. The molecular formula is C20H18N4O2S. The molecule has 136 valence electrons. The van der Waals surface area contributed by atoms with Crippen molar-refractivity contribution in [3.05, 3.63) is 71.6 Å². The fraction of sp³-hybridized carbons (Fsp3) is 0.250. The number of aromatic nitrogens is 3. The van der Waals surface area contributed by atoms with E-state index in [2.05, 4.69) is 45.9 Å². The van der Waals surface area contributed by atoms with E-state index in [-0.39, 0.29) is 17.7 Å². The van der Waals surface area contributed by atoms with E-state index in [1.165, 1.54) is 11.2 Å². The lowest BCUT2D eigenvalue weighted by Gasteiger charge is -2.34. The summed E-state index contributed by atoms with van der Waals surface area (Å²) in [5, 5.41) is 7.71. The predicted molar refractivity (Wildman–Crippen MR) is 103 cm³/mol. The fourth-order valence-corrected chi connectivity index (χ4v) is 4.38. The average Bonchev–Trinajstić information content (AvgIpc) is 3.38. The number of thioether (sulfide) groups is 1. The molecule has 5 rings (SSSR count). The van der Waals surface area contributed by atoms with E-state index in [0.717, 1.165) is 29.0 Å². The molecule has 2 aromatic heterocycles. The van der Waals surface area contributed by atoms with E-state index in [0.29, 0.717) is 12.4 Å². The molecule has 2 atom stereocenters. The molecule has 7 heteroatoms. The fourth-order valence-electron chi connectivity index (χ4n) is 3.97. The third kappa shape index (κ3) is 2.70. The number of hydrogen-bond donors (Lipinski definition) is 1. The number of benzene rings is 1. The summed E-state index contributed by atoms with van der Waals surface area (Å²) in [4.78, 5) is 18.7. The zero-order valence-corrected chi connectivity index (χ0v) is 15.6. The molecule has 3 aromatic rings. The molecule has 1 aliphatic carbocycles. The number of rotatable bonds is 3. The van der Waals surface area contributed by atoms with Crippen molar-refractivity contribution in [2.24, 2.45) is 0 Å². The maximum absolute atomic E-state index is 13.2. The second kappa shape index (κ2) is 6.42. The minimum absolute atomic E-state index is 0.0488. The third-order valence-electron chi connectivity index (χ3n) is 5.24. The molecule has 1 aromatic carbocycles. The lowest BCUT2D eigenvalue weighted by molar-refractivity contribution is -0.117. The molecule has 0 saturated carbocycles. The van der Waals surface area contributed by atoms with Crippen molar-refractivity contribution in [2.75, 3.05) is 11.6 Å². The molecule has 0 radical (unpaired) electrons. The van der Waals surface area contributed by atoms with E-state index in [1.807, 2.05) is 12.1 Å². The van der Waals surface area contributed by atoms with Crippen LogP contribution in [0.1, 0.15) is 36.1 Å². The number of furan rings is 1. The van der Waals surface area contributed by atoms with Crippen molar-refractivity contribution in [2.45, 2.75) is 29.7 Å². The highest BCUT2D eigenvalue weighted by Gasteiger charge is 2.39. The van der Waals surface area contributed by atoms with Crippen LogP contribution in [0.25, 0.3) is 0 Å². The largest absolute Gasteiger partial charge is 0.469 e. The Morgan fingerprint density at radius 1 is 1.22 bits per heavy atom. The summed E-state index contributed by atoms with van der Waals surface area (Å²) in [7, 11) is 0. The SMILES string of the molecule is CSc1ccc([C@H]2C3=C(C[C@@H](c4ccco4)CC3=O)Nc3ncnn32)cc1. The van der Waals surface area contributed by atoms with E-state index in [4.69, 9.17) is 4.42 Å². The molecule has 6 nitrogen and oxygen atoms in total. The van der Waals surface area contributed by atoms with Crippen LogP contribution in [0.4, 0.5) is 5.95 Å². The molecule has 0 saturated heterocycles. The van der Waals surface area contributed by atoms with E-state index in [1.54, 1.807) is 22.7 Å². The van der Waals surface area contributed by atoms with Gasteiger partial charge >= 0.3 is 0 Å². The highest BCUT2D eigenvalue weighted by atomic mass is 32.2. The quantitative estimate of drug-likeness (QED) is 0.694. The van der Waals surface area contributed by atoms with Gasteiger partial charge in [0.15, 0.2) is 5.78 Å². The van der Waals surface area contributed by atoms with Crippen LogP contribution >= 0.6 is 11.8 Å². The number of allylic oxidation sites excluding steroid dienone is 2. The third-order valence-corrected chi connectivity index (χ3v) is 5.98. The number of Topliss-reactive ketones (excluding diaryl/α,β-unsaturated/α-hetero) is 1. The normalized spacial score (nSPS) is 21.6. The van der Waals surface area contributed by atoms with Crippen LogP contribution in [0.15, 0.2) is 69.6 Å². The summed E-state index contributed by atoms with van der Waals surface area (Å²) >= 11 is 1.70. The molecule has 0 spiro atoms. The van der Waals surface area contributed by atoms with E-state index < -0.39 is 0 Å². The van der Waals surface area contributed by atoms with Crippen LogP contribution < -0.4 is 5.32 Å². The lowest BCUT2D eigenvalue weighted by atomic mass is 9.79. The first-order valence-corrected chi connectivity index (χ1v) is 10.1. The summed E-state index contributed by atoms with van der Waals surface area (Å²) in [6.45, 7) is 0. The van der Waals surface area contributed by atoms with Crippen molar-refractivity contribution in [3.8, 4) is 0 Å². The summed E-state index contributed by atoms with van der Waals surface area (Å²) in [5.41, 5.74) is 2.75. The maximum atomic E-state index is 13.2. The highest BCUT2D eigenvalue weighted by molar-refractivity contribution is 7.98. The van der Waals surface area contributed by atoms with Gasteiger partial charge in [0.1, 0.15) is 18.1 Å². The number of fused-ring (bicyclic) bond motifs is 1. The second-order valence-electron chi connectivity index (χ2n) is 6.76. The van der Waals surface area contributed by atoms with Gasteiger partial charge < -0.3 is 9.73 Å². The van der Waals surface area contributed by atoms with Gasteiger partial charge in [0.2, 0.25) is 5.95 Å². The molecular weight excluding hydrogens is 360 g/mol. The molecule has 0 bridgehead atoms. The van der Waals surface area contributed by atoms with Crippen molar-refractivity contribution >= 4 is 23.5 Å². The van der Waals surface area contributed by atoms with Gasteiger partial charge in [0.05, 0.1) is 6.26 Å². The Balaban J connectivity index is 1.60. The van der Waals surface area contributed by atoms with Gasteiger partial charge in [0.25, 0.3) is 0 Å². The second-order valence-corrected chi connectivity index (χ2v) is 7.64. The van der Waals surface area contributed by atoms with Gasteiger partial charge in [-0.15, -0.1) is 11.8 Å². The first kappa shape index (κ1) is 16.4. The molecule has 1 aliphatic heterocycles.